The van der Waals surface area contributed by atoms with Crippen LogP contribution in [-0.2, 0) is 12.2 Å². The van der Waals surface area contributed by atoms with E-state index in [4.69, 9.17) is 16.3 Å². The molecular formula is C23H19ClN4O2. The Labute approximate surface area is 178 Å². The fraction of sp³-hybridized carbons (Fsp3) is 0.174. The van der Waals surface area contributed by atoms with E-state index in [2.05, 4.69) is 9.97 Å². The van der Waals surface area contributed by atoms with Gasteiger partial charge >= 0.3 is 0 Å². The monoisotopic (exact) mass is 418 g/mol. The van der Waals surface area contributed by atoms with Crippen molar-refractivity contribution in [3.63, 3.8) is 0 Å². The molecule has 2 aromatic heterocycles. The zero-order valence-corrected chi connectivity index (χ0v) is 17.3. The highest BCUT2D eigenvalue weighted by molar-refractivity contribution is 6.34. The molecule has 0 fully saturated rings. The summed E-state index contributed by atoms with van der Waals surface area (Å²) in [6.45, 7) is 2.44. The zero-order chi connectivity index (χ0) is 20.9. The van der Waals surface area contributed by atoms with E-state index < -0.39 is 5.66 Å². The Morgan fingerprint density at radius 1 is 1.13 bits per heavy atom. The van der Waals surface area contributed by atoms with Gasteiger partial charge < -0.3 is 14.2 Å². The molecule has 7 heteroatoms. The number of rotatable bonds is 4. The molecule has 1 aliphatic heterocycles. The van der Waals surface area contributed by atoms with Crippen LogP contribution >= 0.6 is 11.6 Å². The third-order valence-corrected chi connectivity index (χ3v) is 6.14. The molecule has 150 valence electrons. The van der Waals surface area contributed by atoms with E-state index in [1.165, 1.54) is 6.33 Å². The van der Waals surface area contributed by atoms with Crippen LogP contribution in [0.1, 0.15) is 28.4 Å². The van der Waals surface area contributed by atoms with Crippen LogP contribution in [0.15, 0.2) is 67.3 Å². The molecule has 0 aliphatic carbocycles. The first kappa shape index (κ1) is 18.6. The lowest BCUT2D eigenvalue weighted by molar-refractivity contribution is 0.0492. The van der Waals surface area contributed by atoms with Gasteiger partial charge in [0.15, 0.2) is 0 Å². The maximum Gasteiger partial charge on any atom is 0.258 e. The minimum absolute atomic E-state index is 0.107. The second-order valence-electron chi connectivity index (χ2n) is 7.41. The van der Waals surface area contributed by atoms with Gasteiger partial charge in [0.1, 0.15) is 23.4 Å². The van der Waals surface area contributed by atoms with Gasteiger partial charge in [-0.15, -0.1) is 0 Å². The third kappa shape index (κ3) is 2.60. The third-order valence-electron chi connectivity index (χ3n) is 5.83. The van der Waals surface area contributed by atoms with Crippen LogP contribution in [0.5, 0.6) is 5.75 Å². The number of hydrogen-bond donors (Lipinski definition) is 0. The normalized spacial score (nSPS) is 18.1. The molecule has 3 heterocycles. The number of carbonyl (C=O) groups is 1. The van der Waals surface area contributed by atoms with Gasteiger partial charge in [-0.1, -0.05) is 35.9 Å². The van der Waals surface area contributed by atoms with Crippen molar-refractivity contribution < 1.29 is 9.53 Å². The maximum atomic E-state index is 13.6. The molecule has 4 aromatic rings. The number of halogens is 1. The summed E-state index contributed by atoms with van der Waals surface area (Å²) in [6, 6.07) is 15.3. The smallest absolute Gasteiger partial charge is 0.258 e. The minimum atomic E-state index is -0.798. The van der Waals surface area contributed by atoms with Gasteiger partial charge in [0.25, 0.3) is 5.91 Å². The first-order valence-electron chi connectivity index (χ1n) is 9.55. The Kier molecular flexibility index (Phi) is 4.25. The van der Waals surface area contributed by atoms with Gasteiger partial charge in [-0.05, 0) is 36.8 Å². The van der Waals surface area contributed by atoms with Crippen LogP contribution < -0.4 is 4.74 Å². The fourth-order valence-corrected chi connectivity index (χ4v) is 4.50. The average Bonchev–Trinajstić information content (AvgIpc) is 3.29. The molecule has 5 rings (SSSR count). The summed E-state index contributed by atoms with van der Waals surface area (Å²) in [4.78, 5) is 24.0. The van der Waals surface area contributed by atoms with Crippen LogP contribution in [0.4, 0.5) is 0 Å². The molecule has 0 N–H and O–H groups in total. The summed E-state index contributed by atoms with van der Waals surface area (Å²) in [5.41, 5.74) is 2.34. The van der Waals surface area contributed by atoms with Crippen LogP contribution in [0.2, 0.25) is 5.02 Å². The number of benzene rings is 2. The van der Waals surface area contributed by atoms with Gasteiger partial charge in [-0.2, -0.15) is 0 Å². The summed E-state index contributed by atoms with van der Waals surface area (Å²) >= 11 is 6.48. The highest BCUT2D eigenvalue weighted by Crippen LogP contribution is 2.44. The summed E-state index contributed by atoms with van der Waals surface area (Å²) in [7, 11) is 1.63. The van der Waals surface area contributed by atoms with E-state index in [9.17, 15) is 4.79 Å². The molecule has 1 unspecified atom stereocenters. The standard InChI is InChI=1S/C23H19ClN4O2/c1-23(27-11-10-16-12-25-14-26-21(16)27)18-4-3-5-19(24)20(18)22(29)28(23)13-15-6-8-17(30-2)9-7-15/h3-12,14H,13H2,1-2H3. The maximum absolute atomic E-state index is 13.6. The summed E-state index contributed by atoms with van der Waals surface area (Å²) in [5.74, 6) is 0.665. The van der Waals surface area contributed by atoms with Crippen LogP contribution in [0.3, 0.4) is 0 Å². The molecule has 0 saturated carbocycles. The van der Waals surface area contributed by atoms with E-state index in [0.717, 1.165) is 27.9 Å². The lowest BCUT2D eigenvalue weighted by Gasteiger charge is -2.38. The van der Waals surface area contributed by atoms with Crippen molar-refractivity contribution in [1.29, 1.82) is 0 Å². The Bertz CT molecular complexity index is 1270. The number of amides is 1. The molecule has 6 nitrogen and oxygen atoms in total. The van der Waals surface area contributed by atoms with Crippen molar-refractivity contribution in [3.8, 4) is 5.75 Å². The second-order valence-corrected chi connectivity index (χ2v) is 7.82. The second kappa shape index (κ2) is 6.85. The molecule has 2 aromatic carbocycles. The lowest BCUT2D eigenvalue weighted by atomic mass is 9.99. The quantitative estimate of drug-likeness (QED) is 0.490. The Morgan fingerprint density at radius 3 is 2.70 bits per heavy atom. The van der Waals surface area contributed by atoms with Crippen LogP contribution in [-0.4, -0.2) is 32.5 Å². The molecule has 30 heavy (non-hydrogen) atoms. The predicted octanol–water partition coefficient (Wildman–Crippen LogP) is 4.47. The number of carbonyl (C=O) groups excluding carboxylic acids is 1. The van der Waals surface area contributed by atoms with Crippen molar-refractivity contribution in [3.05, 3.63) is 89.0 Å². The fourth-order valence-electron chi connectivity index (χ4n) is 4.24. The number of fused-ring (bicyclic) bond motifs is 2. The zero-order valence-electron chi connectivity index (χ0n) is 16.5. The van der Waals surface area contributed by atoms with Gasteiger partial charge in [0, 0.05) is 29.9 Å². The van der Waals surface area contributed by atoms with Crippen LogP contribution in [0.25, 0.3) is 11.0 Å². The van der Waals surface area contributed by atoms with Gasteiger partial charge in [0.2, 0.25) is 0 Å². The van der Waals surface area contributed by atoms with E-state index in [1.807, 2.05) is 65.1 Å². The number of aromatic nitrogens is 3. The average molecular weight is 419 g/mol. The highest BCUT2D eigenvalue weighted by Gasteiger charge is 2.49. The Hall–Kier alpha value is -3.38. The number of methoxy groups -OCH3 is 1. The highest BCUT2D eigenvalue weighted by atomic mass is 35.5. The van der Waals surface area contributed by atoms with Gasteiger partial charge in [0.05, 0.1) is 17.7 Å². The first-order chi connectivity index (χ1) is 14.5. The van der Waals surface area contributed by atoms with Gasteiger partial charge in [-0.25, -0.2) is 9.97 Å². The summed E-state index contributed by atoms with van der Waals surface area (Å²) in [6.07, 6.45) is 5.24. The largest absolute Gasteiger partial charge is 0.497 e. The number of nitrogens with zero attached hydrogens (tertiary/aromatic N) is 4. The van der Waals surface area contributed by atoms with Crippen molar-refractivity contribution in [2.24, 2.45) is 0 Å². The minimum Gasteiger partial charge on any atom is -0.497 e. The van der Waals surface area contributed by atoms with Crippen molar-refractivity contribution in [2.75, 3.05) is 7.11 Å². The molecule has 1 amide bonds. The molecular weight excluding hydrogens is 400 g/mol. The Morgan fingerprint density at radius 2 is 1.93 bits per heavy atom. The SMILES string of the molecule is COc1ccc(CN2C(=O)c3c(Cl)cccc3C2(C)n2ccc3cncnc32)cc1. The molecule has 1 atom stereocenters. The summed E-state index contributed by atoms with van der Waals surface area (Å²) in [5, 5.41) is 1.36. The lowest BCUT2D eigenvalue weighted by Crippen LogP contribution is -2.46. The van der Waals surface area contributed by atoms with E-state index in [1.54, 1.807) is 19.4 Å². The molecule has 0 radical (unpaired) electrons. The van der Waals surface area contributed by atoms with E-state index >= 15 is 0 Å². The van der Waals surface area contributed by atoms with Crippen molar-refractivity contribution >= 4 is 28.5 Å². The molecule has 0 saturated heterocycles. The van der Waals surface area contributed by atoms with Crippen molar-refractivity contribution in [1.82, 2.24) is 19.4 Å². The van der Waals surface area contributed by atoms with Gasteiger partial charge in [-0.3, -0.25) is 4.79 Å². The number of hydrogen-bond acceptors (Lipinski definition) is 4. The van der Waals surface area contributed by atoms with E-state index in [-0.39, 0.29) is 5.91 Å². The Balaban J connectivity index is 1.70. The molecule has 0 spiro atoms. The van der Waals surface area contributed by atoms with E-state index in [0.29, 0.717) is 17.1 Å². The summed E-state index contributed by atoms with van der Waals surface area (Å²) < 4.78 is 7.28. The molecule has 1 aliphatic rings. The molecule has 0 bridgehead atoms. The first-order valence-corrected chi connectivity index (χ1v) is 9.93. The topological polar surface area (TPSA) is 60.2 Å². The van der Waals surface area contributed by atoms with Crippen LogP contribution in [0, 0.1) is 0 Å². The predicted molar refractivity (Wildman–Crippen MR) is 115 cm³/mol. The number of ether oxygens (including phenoxy) is 1. The van der Waals surface area contributed by atoms with Crippen molar-refractivity contribution in [2.45, 2.75) is 19.1 Å².